The van der Waals surface area contributed by atoms with Crippen molar-refractivity contribution < 1.29 is 4.79 Å². The first-order valence-corrected chi connectivity index (χ1v) is 8.00. The fraction of sp³-hybridized carbons (Fsp3) is 0.938. The van der Waals surface area contributed by atoms with E-state index in [2.05, 4.69) is 26.1 Å². The quantitative estimate of drug-likeness (QED) is 0.710. The summed E-state index contributed by atoms with van der Waals surface area (Å²) in [6.45, 7) is 7.51. The van der Waals surface area contributed by atoms with Crippen LogP contribution in [0.5, 0.6) is 0 Å². The van der Waals surface area contributed by atoms with Crippen LogP contribution in [0.3, 0.4) is 0 Å². The third kappa shape index (κ3) is 5.94. The zero-order valence-electron chi connectivity index (χ0n) is 13.0. The monoisotopic (exact) mass is 268 g/mol. The van der Waals surface area contributed by atoms with Crippen molar-refractivity contribution in [2.45, 2.75) is 78.2 Å². The summed E-state index contributed by atoms with van der Waals surface area (Å²) in [6, 6.07) is 0.0228. The van der Waals surface area contributed by atoms with Crippen molar-refractivity contribution in [2.75, 3.05) is 6.54 Å². The second kappa shape index (κ2) is 7.88. The van der Waals surface area contributed by atoms with Crippen LogP contribution in [0.15, 0.2) is 0 Å². The maximum absolute atomic E-state index is 11.9. The first kappa shape index (κ1) is 16.5. The van der Waals surface area contributed by atoms with E-state index in [0.717, 1.165) is 19.4 Å². The van der Waals surface area contributed by atoms with Gasteiger partial charge in [-0.1, -0.05) is 40.0 Å². The van der Waals surface area contributed by atoms with Crippen molar-refractivity contribution in [1.82, 2.24) is 5.32 Å². The number of amides is 1. The van der Waals surface area contributed by atoms with Crippen LogP contribution in [0, 0.1) is 11.3 Å². The Morgan fingerprint density at radius 2 is 1.95 bits per heavy atom. The number of carbonyl (C=O) groups excluding carboxylic acids is 1. The molecule has 1 rings (SSSR count). The predicted octanol–water partition coefficient (Wildman–Crippen LogP) is 3.23. The summed E-state index contributed by atoms with van der Waals surface area (Å²) < 4.78 is 0. The van der Waals surface area contributed by atoms with Gasteiger partial charge < -0.3 is 11.1 Å². The smallest absolute Gasteiger partial charge is 0.221 e. The fourth-order valence-electron chi connectivity index (χ4n) is 3.51. The lowest BCUT2D eigenvalue weighted by Crippen LogP contribution is -2.39. The van der Waals surface area contributed by atoms with Crippen LogP contribution in [0.1, 0.15) is 72.1 Å². The summed E-state index contributed by atoms with van der Waals surface area (Å²) >= 11 is 0. The van der Waals surface area contributed by atoms with E-state index in [1.54, 1.807) is 0 Å². The van der Waals surface area contributed by atoms with Gasteiger partial charge in [-0.3, -0.25) is 4.79 Å². The normalized spacial score (nSPS) is 19.6. The van der Waals surface area contributed by atoms with E-state index in [9.17, 15) is 4.79 Å². The number of nitrogens with one attached hydrogen (secondary N) is 1. The van der Waals surface area contributed by atoms with Crippen LogP contribution >= 0.6 is 0 Å². The lowest BCUT2D eigenvalue weighted by molar-refractivity contribution is -0.122. The average molecular weight is 268 g/mol. The van der Waals surface area contributed by atoms with Crippen LogP contribution in [-0.2, 0) is 4.79 Å². The van der Waals surface area contributed by atoms with E-state index in [4.69, 9.17) is 5.73 Å². The molecule has 3 nitrogen and oxygen atoms in total. The summed E-state index contributed by atoms with van der Waals surface area (Å²) in [7, 11) is 0. The maximum atomic E-state index is 11.9. The minimum absolute atomic E-state index is 0.0228. The highest BCUT2D eigenvalue weighted by molar-refractivity contribution is 5.76. The van der Waals surface area contributed by atoms with Gasteiger partial charge in [0, 0.05) is 19.0 Å². The summed E-state index contributed by atoms with van der Waals surface area (Å²) in [4.78, 5) is 11.9. The van der Waals surface area contributed by atoms with Crippen LogP contribution in [-0.4, -0.2) is 18.5 Å². The number of hydrogen-bond acceptors (Lipinski definition) is 2. The van der Waals surface area contributed by atoms with Crippen molar-refractivity contribution in [2.24, 2.45) is 17.1 Å². The molecule has 3 heteroatoms. The van der Waals surface area contributed by atoms with E-state index in [0.29, 0.717) is 17.8 Å². The molecular formula is C16H32N2O. The molecule has 1 aliphatic rings. The molecule has 1 amide bonds. The lowest BCUT2D eigenvalue weighted by atomic mass is 9.78. The Bertz CT molecular complexity index is 270. The zero-order valence-corrected chi connectivity index (χ0v) is 13.0. The lowest BCUT2D eigenvalue weighted by Gasteiger charge is -2.31. The average Bonchev–Trinajstić information content (AvgIpc) is 2.75. The molecule has 1 saturated carbocycles. The predicted molar refractivity (Wildman–Crippen MR) is 80.9 cm³/mol. The first-order valence-electron chi connectivity index (χ1n) is 8.00. The minimum atomic E-state index is 0.0228. The summed E-state index contributed by atoms with van der Waals surface area (Å²) in [5.41, 5.74) is 6.28. The molecule has 112 valence electrons. The molecular weight excluding hydrogens is 236 g/mol. The highest BCUT2D eigenvalue weighted by atomic mass is 16.1. The molecule has 1 fully saturated rings. The summed E-state index contributed by atoms with van der Waals surface area (Å²) in [5, 5.41) is 3.14. The van der Waals surface area contributed by atoms with Crippen molar-refractivity contribution >= 4 is 5.91 Å². The van der Waals surface area contributed by atoms with Crippen molar-refractivity contribution in [3.8, 4) is 0 Å². The third-order valence-corrected chi connectivity index (χ3v) is 4.27. The number of rotatable bonds is 8. The van der Waals surface area contributed by atoms with Gasteiger partial charge in [0.25, 0.3) is 0 Å². The second-order valence-corrected chi connectivity index (χ2v) is 6.83. The van der Waals surface area contributed by atoms with E-state index in [1.807, 2.05) is 0 Å². The topological polar surface area (TPSA) is 55.1 Å². The Hall–Kier alpha value is -0.570. The molecule has 1 unspecified atom stereocenters. The SMILES string of the molecule is CCCC(N)CC(=O)NCC1(CC(C)C)CCCC1. The Balaban J connectivity index is 2.37. The molecule has 1 atom stereocenters. The highest BCUT2D eigenvalue weighted by Gasteiger charge is 2.34. The van der Waals surface area contributed by atoms with Gasteiger partial charge in [0.2, 0.25) is 5.91 Å². The van der Waals surface area contributed by atoms with E-state index in [1.165, 1.54) is 32.1 Å². The second-order valence-electron chi connectivity index (χ2n) is 6.83. The number of carbonyl (C=O) groups is 1. The van der Waals surface area contributed by atoms with Gasteiger partial charge in [-0.2, -0.15) is 0 Å². The summed E-state index contributed by atoms with van der Waals surface area (Å²) in [5.74, 6) is 0.841. The van der Waals surface area contributed by atoms with Gasteiger partial charge in [-0.25, -0.2) is 0 Å². The Morgan fingerprint density at radius 1 is 1.32 bits per heavy atom. The molecule has 0 saturated heterocycles. The Morgan fingerprint density at radius 3 is 2.47 bits per heavy atom. The van der Waals surface area contributed by atoms with E-state index in [-0.39, 0.29) is 11.9 Å². The van der Waals surface area contributed by atoms with Gasteiger partial charge in [-0.15, -0.1) is 0 Å². The summed E-state index contributed by atoms with van der Waals surface area (Å²) in [6.07, 6.45) is 8.87. The Labute approximate surface area is 118 Å². The fourth-order valence-corrected chi connectivity index (χ4v) is 3.51. The van der Waals surface area contributed by atoms with Crippen molar-refractivity contribution in [1.29, 1.82) is 0 Å². The molecule has 1 aliphatic carbocycles. The maximum Gasteiger partial charge on any atom is 0.221 e. The van der Waals surface area contributed by atoms with Gasteiger partial charge in [0.15, 0.2) is 0 Å². The van der Waals surface area contributed by atoms with Gasteiger partial charge >= 0.3 is 0 Å². The molecule has 0 bridgehead atoms. The van der Waals surface area contributed by atoms with Crippen LogP contribution < -0.4 is 11.1 Å². The first-order chi connectivity index (χ1) is 8.97. The molecule has 0 aromatic carbocycles. The Kier molecular flexibility index (Phi) is 6.84. The van der Waals surface area contributed by atoms with Crippen LogP contribution in [0.2, 0.25) is 0 Å². The molecule has 0 heterocycles. The van der Waals surface area contributed by atoms with Crippen molar-refractivity contribution in [3.63, 3.8) is 0 Å². The highest BCUT2D eigenvalue weighted by Crippen LogP contribution is 2.42. The largest absolute Gasteiger partial charge is 0.355 e. The molecule has 0 spiro atoms. The molecule has 19 heavy (non-hydrogen) atoms. The third-order valence-electron chi connectivity index (χ3n) is 4.27. The van der Waals surface area contributed by atoms with Gasteiger partial charge in [0.1, 0.15) is 0 Å². The van der Waals surface area contributed by atoms with E-state index >= 15 is 0 Å². The number of nitrogens with two attached hydrogens (primary N) is 1. The zero-order chi connectivity index (χ0) is 14.3. The van der Waals surface area contributed by atoms with Crippen LogP contribution in [0.25, 0.3) is 0 Å². The van der Waals surface area contributed by atoms with Crippen LogP contribution in [0.4, 0.5) is 0 Å². The molecule has 0 aliphatic heterocycles. The van der Waals surface area contributed by atoms with E-state index < -0.39 is 0 Å². The molecule has 0 aromatic rings. The molecule has 3 N–H and O–H groups in total. The standard InChI is InChI=1S/C16H32N2O/c1-4-7-14(17)10-15(19)18-12-16(11-13(2)3)8-5-6-9-16/h13-14H,4-12,17H2,1-3H3,(H,18,19). The van der Waals surface area contributed by atoms with Gasteiger partial charge in [-0.05, 0) is 37.0 Å². The minimum Gasteiger partial charge on any atom is -0.355 e. The molecule has 0 radical (unpaired) electrons. The number of hydrogen-bond donors (Lipinski definition) is 2. The van der Waals surface area contributed by atoms with Gasteiger partial charge in [0.05, 0.1) is 0 Å². The molecule has 0 aromatic heterocycles. The van der Waals surface area contributed by atoms with Crippen molar-refractivity contribution in [3.05, 3.63) is 0 Å².